The summed E-state index contributed by atoms with van der Waals surface area (Å²) >= 11 is 0. The summed E-state index contributed by atoms with van der Waals surface area (Å²) < 4.78 is 0. The van der Waals surface area contributed by atoms with Crippen molar-refractivity contribution in [3.8, 4) is 0 Å². The fraction of sp³-hybridized carbons (Fsp3) is 0.857. The molecule has 3 nitrogen and oxygen atoms in total. The highest BCUT2D eigenvalue weighted by Crippen LogP contribution is 2.67. The number of hydrogen-bond donors (Lipinski definition) is 2. The Morgan fingerprint density at radius 3 is 2.71 bits per heavy atom. The number of aromatic nitrogens is 2. The summed E-state index contributed by atoms with van der Waals surface area (Å²) in [6.07, 6.45) is 12.0. The van der Waals surface area contributed by atoms with Gasteiger partial charge in [0, 0.05) is 5.69 Å². The van der Waals surface area contributed by atoms with Gasteiger partial charge in [-0.25, -0.2) is 0 Å². The smallest absolute Gasteiger partial charge is 0.0675 e. The van der Waals surface area contributed by atoms with Crippen LogP contribution in [0.25, 0.3) is 0 Å². The van der Waals surface area contributed by atoms with Gasteiger partial charge in [-0.3, -0.25) is 5.10 Å². The molecule has 0 aromatic carbocycles. The fourth-order valence-corrected chi connectivity index (χ4v) is 7.71. The number of rotatable bonds is 0. The maximum Gasteiger partial charge on any atom is 0.0675 e. The van der Waals surface area contributed by atoms with Gasteiger partial charge in [-0.2, -0.15) is 5.10 Å². The summed E-state index contributed by atoms with van der Waals surface area (Å²) in [5.41, 5.74) is 3.01. The van der Waals surface area contributed by atoms with Gasteiger partial charge >= 0.3 is 0 Å². The van der Waals surface area contributed by atoms with Gasteiger partial charge in [-0.05, 0) is 98.4 Å². The van der Waals surface area contributed by atoms with Crippen LogP contribution in [0.2, 0.25) is 0 Å². The molecule has 132 valence electrons. The van der Waals surface area contributed by atoms with Crippen LogP contribution in [0.3, 0.4) is 0 Å². The summed E-state index contributed by atoms with van der Waals surface area (Å²) in [6, 6.07) is 0. The molecule has 4 aliphatic rings. The molecule has 0 saturated heterocycles. The normalized spacial score (nSPS) is 53.0. The van der Waals surface area contributed by atoms with E-state index in [9.17, 15) is 5.11 Å². The first kappa shape index (κ1) is 15.4. The molecule has 0 aliphatic heterocycles. The molecule has 0 radical (unpaired) electrons. The highest BCUT2D eigenvalue weighted by atomic mass is 16.3. The Labute approximate surface area is 145 Å². The van der Waals surface area contributed by atoms with Crippen LogP contribution in [0.15, 0.2) is 6.20 Å². The molecule has 0 spiro atoms. The minimum absolute atomic E-state index is 0.146. The number of aromatic amines is 1. The van der Waals surface area contributed by atoms with Crippen molar-refractivity contribution < 1.29 is 5.11 Å². The van der Waals surface area contributed by atoms with Crippen LogP contribution in [0.4, 0.5) is 0 Å². The molecule has 4 aliphatic carbocycles. The molecule has 3 heteroatoms. The van der Waals surface area contributed by atoms with E-state index in [0.717, 1.165) is 30.1 Å². The number of nitrogens with one attached hydrogen (secondary N) is 1. The van der Waals surface area contributed by atoms with E-state index in [2.05, 4.69) is 37.2 Å². The molecule has 24 heavy (non-hydrogen) atoms. The minimum atomic E-state index is -0.454. The van der Waals surface area contributed by atoms with E-state index in [1.165, 1.54) is 56.2 Å². The quantitative estimate of drug-likeness (QED) is 0.752. The van der Waals surface area contributed by atoms with E-state index in [-0.39, 0.29) is 5.41 Å². The lowest BCUT2D eigenvalue weighted by molar-refractivity contribution is -0.139. The Balaban J connectivity index is 1.50. The Kier molecular flexibility index (Phi) is 3.00. The topological polar surface area (TPSA) is 48.9 Å². The SMILES string of the molecule is C[C@]12Cc3cn[nH]c3C[C@@H]1CC[C@@H]1[C@@H]2CC[C@]2(C)[C@H]1CC[C@@]2(C)O. The number of fused-ring (bicyclic) bond motifs is 6. The minimum Gasteiger partial charge on any atom is -0.390 e. The van der Waals surface area contributed by atoms with E-state index < -0.39 is 5.60 Å². The summed E-state index contributed by atoms with van der Waals surface area (Å²) in [4.78, 5) is 0. The van der Waals surface area contributed by atoms with Crippen LogP contribution >= 0.6 is 0 Å². The molecule has 3 fully saturated rings. The second-order valence-corrected chi connectivity index (χ2v) is 10.2. The van der Waals surface area contributed by atoms with Crippen molar-refractivity contribution in [3.05, 3.63) is 17.5 Å². The summed E-state index contributed by atoms with van der Waals surface area (Å²) in [6.45, 7) is 7.09. The lowest BCUT2D eigenvalue weighted by atomic mass is 9.44. The van der Waals surface area contributed by atoms with Crippen molar-refractivity contribution in [2.45, 2.75) is 77.7 Å². The summed E-state index contributed by atoms with van der Waals surface area (Å²) in [7, 11) is 0. The van der Waals surface area contributed by atoms with Crippen LogP contribution in [0, 0.1) is 34.5 Å². The van der Waals surface area contributed by atoms with Crippen molar-refractivity contribution in [2.75, 3.05) is 0 Å². The van der Waals surface area contributed by atoms with Gasteiger partial charge in [0.15, 0.2) is 0 Å². The third kappa shape index (κ3) is 1.75. The molecule has 3 saturated carbocycles. The Morgan fingerprint density at radius 1 is 1.08 bits per heavy atom. The fourth-order valence-electron chi connectivity index (χ4n) is 7.71. The zero-order valence-electron chi connectivity index (χ0n) is 15.4. The van der Waals surface area contributed by atoms with Crippen molar-refractivity contribution >= 4 is 0 Å². The number of nitrogens with zero attached hydrogens (tertiary/aromatic N) is 1. The number of H-pyrrole nitrogens is 1. The third-order valence-electron chi connectivity index (χ3n) is 9.46. The van der Waals surface area contributed by atoms with Gasteiger partial charge < -0.3 is 5.11 Å². The average Bonchev–Trinajstić information content (AvgIpc) is 3.06. The van der Waals surface area contributed by atoms with Gasteiger partial charge in [-0.15, -0.1) is 0 Å². The molecule has 1 aromatic heterocycles. The highest BCUT2D eigenvalue weighted by molar-refractivity contribution is 5.26. The molecular formula is C21H32N2O. The van der Waals surface area contributed by atoms with Crippen molar-refractivity contribution in [1.29, 1.82) is 0 Å². The van der Waals surface area contributed by atoms with E-state index >= 15 is 0 Å². The predicted molar refractivity (Wildman–Crippen MR) is 94.5 cm³/mol. The average molecular weight is 329 g/mol. The first-order chi connectivity index (χ1) is 11.4. The molecular weight excluding hydrogens is 296 g/mol. The lowest BCUT2D eigenvalue weighted by Crippen LogP contribution is -2.56. The Morgan fingerprint density at radius 2 is 1.88 bits per heavy atom. The second-order valence-electron chi connectivity index (χ2n) is 10.2. The Bertz CT molecular complexity index is 665. The van der Waals surface area contributed by atoms with Gasteiger partial charge in [0.05, 0.1) is 11.8 Å². The summed E-state index contributed by atoms with van der Waals surface area (Å²) in [5.74, 6) is 3.21. The van der Waals surface area contributed by atoms with E-state index in [0.29, 0.717) is 5.41 Å². The second kappa shape index (κ2) is 4.66. The first-order valence-corrected chi connectivity index (χ1v) is 10.1. The highest BCUT2D eigenvalue weighted by Gasteiger charge is 2.63. The van der Waals surface area contributed by atoms with Gasteiger partial charge in [-0.1, -0.05) is 13.8 Å². The molecule has 2 N–H and O–H groups in total. The number of hydrogen-bond acceptors (Lipinski definition) is 2. The maximum atomic E-state index is 11.0. The van der Waals surface area contributed by atoms with Crippen LogP contribution in [0.5, 0.6) is 0 Å². The predicted octanol–water partition coefficient (Wildman–Crippen LogP) is 4.12. The largest absolute Gasteiger partial charge is 0.390 e. The van der Waals surface area contributed by atoms with Gasteiger partial charge in [0.1, 0.15) is 0 Å². The zero-order valence-corrected chi connectivity index (χ0v) is 15.4. The number of aliphatic hydroxyl groups is 1. The van der Waals surface area contributed by atoms with Crippen LogP contribution in [-0.2, 0) is 12.8 Å². The van der Waals surface area contributed by atoms with Crippen molar-refractivity contribution in [1.82, 2.24) is 10.2 Å². The first-order valence-electron chi connectivity index (χ1n) is 10.1. The molecule has 0 unspecified atom stereocenters. The monoisotopic (exact) mass is 328 g/mol. The molecule has 0 bridgehead atoms. The lowest BCUT2D eigenvalue weighted by Gasteiger charge is -2.60. The van der Waals surface area contributed by atoms with Crippen molar-refractivity contribution in [3.63, 3.8) is 0 Å². The Hall–Kier alpha value is -0.830. The molecule has 0 amide bonds. The molecule has 5 rings (SSSR count). The van der Waals surface area contributed by atoms with E-state index in [4.69, 9.17) is 0 Å². The standard InChI is InChI=1S/C21H32N2O/c1-19-11-13-12-22-23-18(13)10-14(19)4-5-15-16(19)6-8-20(2)17(15)7-9-21(20,3)24/h12,14-17,24H,4-11H2,1-3H3,(H,22,23)/t14-,15+,16-,17-,19-,20+,21+/m0/s1. The molecule has 1 heterocycles. The zero-order chi connectivity index (χ0) is 16.7. The van der Waals surface area contributed by atoms with Crippen LogP contribution < -0.4 is 0 Å². The van der Waals surface area contributed by atoms with Gasteiger partial charge in [0.25, 0.3) is 0 Å². The van der Waals surface area contributed by atoms with E-state index in [1.807, 2.05) is 0 Å². The van der Waals surface area contributed by atoms with Crippen LogP contribution in [-0.4, -0.2) is 20.9 Å². The third-order valence-corrected chi connectivity index (χ3v) is 9.46. The van der Waals surface area contributed by atoms with E-state index in [1.54, 1.807) is 0 Å². The summed E-state index contributed by atoms with van der Waals surface area (Å²) in [5, 5.41) is 18.6. The molecule has 7 atom stereocenters. The van der Waals surface area contributed by atoms with Crippen molar-refractivity contribution in [2.24, 2.45) is 34.5 Å². The van der Waals surface area contributed by atoms with Gasteiger partial charge in [0.2, 0.25) is 0 Å². The maximum absolute atomic E-state index is 11.0. The van der Waals surface area contributed by atoms with Crippen LogP contribution in [0.1, 0.15) is 70.6 Å². The molecule has 1 aromatic rings.